The van der Waals surface area contributed by atoms with Gasteiger partial charge in [0.15, 0.2) is 6.10 Å². The van der Waals surface area contributed by atoms with Crippen LogP contribution in [0.4, 0.5) is 0 Å². The average molecular weight is 927 g/mol. The molecule has 11 nitrogen and oxygen atoms in total. The second-order valence-electron chi connectivity index (χ2n) is 17.3. The third-order valence-electron chi connectivity index (χ3n) is 11.0. The van der Waals surface area contributed by atoms with Crippen LogP contribution >= 0.6 is 7.82 Å². The number of hydrogen-bond acceptors (Lipinski definition) is 10. The zero-order chi connectivity index (χ0) is 47.0. The van der Waals surface area contributed by atoms with Gasteiger partial charge >= 0.3 is 25.7 Å². The summed E-state index contributed by atoms with van der Waals surface area (Å²) in [5.41, 5.74) is 0. The van der Waals surface area contributed by atoms with Gasteiger partial charge in [0.25, 0.3) is 0 Å². The van der Waals surface area contributed by atoms with Crippen molar-refractivity contribution in [1.82, 2.24) is 0 Å². The summed E-state index contributed by atoms with van der Waals surface area (Å²) >= 11 is 0. The second kappa shape index (κ2) is 47.2. The van der Waals surface area contributed by atoms with Gasteiger partial charge < -0.3 is 24.2 Å². The Morgan fingerprint density at radius 1 is 0.438 bits per heavy atom. The molecule has 0 aliphatic rings. The molecule has 3 atom stereocenters. The minimum Gasteiger partial charge on any atom is -0.462 e. The van der Waals surface area contributed by atoms with Gasteiger partial charge in [-0.3, -0.25) is 23.4 Å². The van der Waals surface area contributed by atoms with Crippen molar-refractivity contribution in [2.75, 3.05) is 26.4 Å². The molecule has 0 spiro atoms. The number of rotatable bonds is 48. The lowest BCUT2D eigenvalue weighted by Crippen LogP contribution is -2.30. The minimum absolute atomic E-state index is 0.157. The van der Waals surface area contributed by atoms with Gasteiger partial charge in [-0.2, -0.15) is 0 Å². The van der Waals surface area contributed by atoms with Gasteiger partial charge in [0, 0.05) is 19.3 Å². The molecule has 0 bridgehead atoms. The lowest BCUT2D eigenvalue weighted by Gasteiger charge is -2.21. The second-order valence-corrected chi connectivity index (χ2v) is 18.8. The molecule has 0 fully saturated rings. The van der Waals surface area contributed by atoms with Crippen LogP contribution in [0, 0.1) is 0 Å². The third kappa shape index (κ3) is 44.9. The Hall–Kier alpha value is -2.30. The van der Waals surface area contributed by atoms with E-state index in [0.717, 1.165) is 103 Å². The predicted molar refractivity (Wildman–Crippen MR) is 261 cm³/mol. The highest BCUT2D eigenvalue weighted by Crippen LogP contribution is 2.43. The van der Waals surface area contributed by atoms with E-state index in [9.17, 15) is 28.9 Å². The fourth-order valence-corrected chi connectivity index (χ4v) is 7.82. The largest absolute Gasteiger partial charge is 0.472 e. The first-order valence-electron chi connectivity index (χ1n) is 25.9. The molecule has 0 heterocycles. The summed E-state index contributed by atoms with van der Waals surface area (Å²) in [6, 6.07) is 0. The lowest BCUT2D eigenvalue weighted by atomic mass is 10.1. The zero-order valence-electron chi connectivity index (χ0n) is 41.0. The molecule has 0 aromatic rings. The number of allylic oxidation sites excluding steroid dienone is 6. The molecule has 12 heteroatoms. The fraction of sp³-hybridized carbons (Fsp3) is 0.827. The van der Waals surface area contributed by atoms with Crippen molar-refractivity contribution in [1.29, 1.82) is 0 Å². The first-order valence-corrected chi connectivity index (χ1v) is 27.4. The summed E-state index contributed by atoms with van der Waals surface area (Å²) in [6.07, 6.45) is 45.5. The van der Waals surface area contributed by atoms with Crippen molar-refractivity contribution in [2.24, 2.45) is 0 Å². The number of aliphatic hydroxyl groups excluding tert-OH is 1. The molecular weight excluding hydrogens is 832 g/mol. The van der Waals surface area contributed by atoms with Crippen LogP contribution in [-0.4, -0.2) is 66.5 Å². The molecule has 3 unspecified atom stereocenters. The van der Waals surface area contributed by atoms with Crippen molar-refractivity contribution in [3.63, 3.8) is 0 Å². The third-order valence-corrected chi connectivity index (χ3v) is 12.0. The summed E-state index contributed by atoms with van der Waals surface area (Å²) in [6.45, 7) is 4.52. The number of carbonyl (C=O) groups is 3. The molecule has 0 rings (SSSR count). The van der Waals surface area contributed by atoms with Crippen LogP contribution in [0.15, 0.2) is 36.5 Å². The smallest absolute Gasteiger partial charge is 0.462 e. The zero-order valence-corrected chi connectivity index (χ0v) is 41.9. The summed E-state index contributed by atoms with van der Waals surface area (Å²) in [7, 11) is -4.74. The van der Waals surface area contributed by atoms with Gasteiger partial charge in [0.2, 0.25) is 0 Å². The van der Waals surface area contributed by atoms with Crippen LogP contribution in [0.3, 0.4) is 0 Å². The van der Waals surface area contributed by atoms with Crippen molar-refractivity contribution >= 4 is 25.7 Å². The maximum atomic E-state index is 12.8. The van der Waals surface area contributed by atoms with Crippen LogP contribution in [0.2, 0.25) is 0 Å². The van der Waals surface area contributed by atoms with Gasteiger partial charge in [-0.05, 0) is 70.6 Å². The number of esters is 3. The number of unbranched alkanes of at least 4 members (excludes halogenated alkanes) is 25. The highest BCUT2D eigenvalue weighted by Gasteiger charge is 2.28. The molecule has 64 heavy (non-hydrogen) atoms. The van der Waals surface area contributed by atoms with E-state index >= 15 is 0 Å². The summed E-state index contributed by atoms with van der Waals surface area (Å²) in [5, 5.41) is 9.74. The van der Waals surface area contributed by atoms with E-state index in [2.05, 4.69) is 57.2 Å². The summed E-state index contributed by atoms with van der Waals surface area (Å²) in [5.74, 6) is -1.48. The van der Waals surface area contributed by atoms with E-state index in [0.29, 0.717) is 19.3 Å². The van der Waals surface area contributed by atoms with E-state index in [1.165, 1.54) is 77.0 Å². The van der Waals surface area contributed by atoms with Gasteiger partial charge in [0.05, 0.1) is 19.8 Å². The van der Waals surface area contributed by atoms with Gasteiger partial charge in [-0.1, -0.05) is 186 Å². The van der Waals surface area contributed by atoms with Gasteiger partial charge in [-0.25, -0.2) is 4.57 Å². The number of hydrogen-bond donors (Lipinski definition) is 2. The average Bonchev–Trinajstić information content (AvgIpc) is 3.28. The van der Waals surface area contributed by atoms with E-state index in [4.69, 9.17) is 23.3 Å². The van der Waals surface area contributed by atoms with E-state index in [1.807, 2.05) is 0 Å². The predicted octanol–water partition coefficient (Wildman–Crippen LogP) is 14.5. The van der Waals surface area contributed by atoms with Gasteiger partial charge in [-0.15, -0.1) is 0 Å². The van der Waals surface area contributed by atoms with Crippen molar-refractivity contribution < 1.29 is 52.2 Å². The van der Waals surface area contributed by atoms with Crippen molar-refractivity contribution in [3.05, 3.63) is 36.5 Å². The summed E-state index contributed by atoms with van der Waals surface area (Å²) < 4.78 is 39.3. The van der Waals surface area contributed by atoms with Gasteiger partial charge in [0.1, 0.15) is 12.7 Å². The van der Waals surface area contributed by atoms with Crippen LogP contribution in [0.1, 0.15) is 239 Å². The van der Waals surface area contributed by atoms with Crippen LogP contribution in [0.5, 0.6) is 0 Å². The van der Waals surface area contributed by atoms with Crippen LogP contribution in [0.25, 0.3) is 0 Å². The Kier molecular flexibility index (Phi) is 45.5. The maximum absolute atomic E-state index is 12.8. The fourth-order valence-electron chi connectivity index (χ4n) is 7.04. The maximum Gasteiger partial charge on any atom is 0.472 e. The number of ether oxygens (including phenoxy) is 3. The minimum atomic E-state index is -4.74. The standard InChI is InChI=1S/C52H95O11P/c1-4-7-10-13-16-19-21-23-24-26-28-31-34-37-40-43-52(56)63-49(45-59-50(54)41-38-35-32-30-27-25-22-20-17-14-11-8-5-2)47-61-64(57,58)60-46-48(44-53)62-51(55)42-39-36-33-29-18-15-12-9-6-3/h11,14,20,22-24,48-49,53H,4-10,12-13,15-19,21,25-47H2,1-3H3,(H,57,58)/b14-11-,22-20-,24-23-. The quantitative estimate of drug-likeness (QED) is 0.0197. The molecule has 0 saturated heterocycles. The molecular formula is C52H95O11P. The molecule has 374 valence electrons. The number of carbonyl (C=O) groups excluding carboxylic acids is 3. The van der Waals surface area contributed by atoms with Crippen LogP contribution < -0.4 is 0 Å². The molecule has 0 aromatic carbocycles. The van der Waals surface area contributed by atoms with Crippen molar-refractivity contribution in [2.45, 2.75) is 251 Å². The number of aliphatic hydroxyl groups is 1. The normalized spacial score (nSPS) is 13.8. The van der Waals surface area contributed by atoms with Crippen molar-refractivity contribution in [3.8, 4) is 0 Å². The highest BCUT2D eigenvalue weighted by molar-refractivity contribution is 7.47. The first kappa shape index (κ1) is 61.7. The number of phosphoric acid groups is 1. The number of phosphoric ester groups is 1. The first-order chi connectivity index (χ1) is 31.2. The Morgan fingerprint density at radius 2 is 0.797 bits per heavy atom. The highest BCUT2D eigenvalue weighted by atomic mass is 31.2. The Labute approximate surface area is 390 Å². The molecule has 0 radical (unpaired) electrons. The molecule has 0 saturated carbocycles. The molecule has 0 amide bonds. The van der Waals surface area contributed by atoms with Crippen LogP contribution in [-0.2, 0) is 42.2 Å². The lowest BCUT2D eigenvalue weighted by molar-refractivity contribution is -0.161. The van der Waals surface area contributed by atoms with E-state index in [1.54, 1.807) is 0 Å². The molecule has 0 aliphatic heterocycles. The summed E-state index contributed by atoms with van der Waals surface area (Å²) in [4.78, 5) is 48.2. The SMILES string of the molecule is CCC/C=C\C/C=C\CCCCCCCC(=O)OCC(COP(=O)(O)OCC(CO)OC(=O)CCCCCCCCCCC)OC(=O)CCCCCCC/C=C\CCCCCCCC. The van der Waals surface area contributed by atoms with E-state index in [-0.39, 0.29) is 25.9 Å². The molecule has 0 aliphatic carbocycles. The Bertz CT molecular complexity index is 1220. The van der Waals surface area contributed by atoms with E-state index < -0.39 is 57.8 Å². The Balaban J connectivity index is 4.77. The topological polar surface area (TPSA) is 155 Å². The Morgan fingerprint density at radius 3 is 1.23 bits per heavy atom. The molecule has 0 aromatic heterocycles. The molecule has 2 N–H and O–H groups in total. The monoisotopic (exact) mass is 927 g/mol.